The van der Waals surface area contributed by atoms with Gasteiger partial charge in [0.15, 0.2) is 0 Å². The molecule has 0 aliphatic rings. The minimum absolute atomic E-state index is 0.587. The van der Waals surface area contributed by atoms with Gasteiger partial charge in [0.1, 0.15) is 0 Å². The van der Waals surface area contributed by atoms with Crippen LogP contribution in [0.25, 0.3) is 72.0 Å². The largest absolute Gasteiger partial charge is 0.309 e. The Balaban J connectivity index is 1.37. The van der Waals surface area contributed by atoms with Crippen LogP contribution in [0.4, 0.5) is 0 Å². The molecule has 8 aromatic rings. The molecule has 0 saturated carbocycles. The Labute approximate surface area is 273 Å². The third-order valence-corrected chi connectivity index (χ3v) is 8.76. The van der Waals surface area contributed by atoms with Gasteiger partial charge in [0.05, 0.1) is 34.3 Å². The fourth-order valence-electron chi connectivity index (χ4n) is 6.59. The fraction of sp³-hybridized carbons (Fsp3) is 0. The van der Waals surface area contributed by atoms with Crippen LogP contribution in [-0.4, -0.2) is 4.57 Å². The van der Waals surface area contributed by atoms with Crippen molar-refractivity contribution < 1.29 is 0 Å². The topological polar surface area (TPSA) is 52.5 Å². The predicted molar refractivity (Wildman–Crippen MR) is 192 cm³/mol. The first kappa shape index (κ1) is 27.8. The zero-order valence-electron chi connectivity index (χ0n) is 25.4. The Morgan fingerprint density at radius 3 is 1.19 bits per heavy atom. The van der Waals surface area contributed by atoms with Gasteiger partial charge in [0.2, 0.25) is 0 Å². The van der Waals surface area contributed by atoms with Crippen molar-refractivity contribution in [2.45, 2.75) is 0 Å². The molecule has 47 heavy (non-hydrogen) atoms. The first-order chi connectivity index (χ1) is 23.2. The molecule has 0 fully saturated rings. The summed E-state index contributed by atoms with van der Waals surface area (Å²) in [6.07, 6.45) is 0. The van der Waals surface area contributed by atoms with E-state index in [9.17, 15) is 10.5 Å². The summed E-state index contributed by atoms with van der Waals surface area (Å²) >= 11 is 0. The van der Waals surface area contributed by atoms with Gasteiger partial charge in [-0.25, -0.2) is 0 Å². The number of para-hydroxylation sites is 2. The van der Waals surface area contributed by atoms with Crippen molar-refractivity contribution in [3.63, 3.8) is 0 Å². The van der Waals surface area contributed by atoms with Crippen molar-refractivity contribution in [2.24, 2.45) is 0 Å². The van der Waals surface area contributed by atoms with Gasteiger partial charge in [-0.3, -0.25) is 0 Å². The maximum absolute atomic E-state index is 10.2. The first-order valence-corrected chi connectivity index (χ1v) is 15.5. The van der Waals surface area contributed by atoms with Crippen molar-refractivity contribution in [3.05, 3.63) is 175 Å². The highest BCUT2D eigenvalue weighted by Gasteiger charge is 2.15. The number of nitriles is 2. The van der Waals surface area contributed by atoms with Crippen LogP contribution in [0.15, 0.2) is 164 Å². The molecule has 3 heteroatoms. The lowest BCUT2D eigenvalue weighted by Crippen LogP contribution is -1.96. The standard InChI is InChI=1S/C44H27N3/c45-28-30-19-34(32-11-3-1-4-12-32)23-35(20-30)38-24-37(33-13-5-2-6-14-33)25-39(26-38)36-21-31(29-46)22-40(27-36)47-43-17-9-7-15-41(43)42-16-8-10-18-44(42)47/h1-27H. The molecule has 0 aliphatic heterocycles. The van der Waals surface area contributed by atoms with E-state index in [1.54, 1.807) is 0 Å². The number of hydrogen-bond donors (Lipinski definition) is 0. The summed E-state index contributed by atoms with van der Waals surface area (Å²) in [5, 5.41) is 22.6. The average Bonchev–Trinajstić information content (AvgIpc) is 3.49. The summed E-state index contributed by atoms with van der Waals surface area (Å²) in [5.74, 6) is 0. The van der Waals surface area contributed by atoms with Crippen LogP contribution in [0.1, 0.15) is 11.1 Å². The quantitative estimate of drug-likeness (QED) is 0.198. The van der Waals surface area contributed by atoms with Crippen LogP contribution in [0.3, 0.4) is 0 Å². The summed E-state index contributed by atoms with van der Waals surface area (Å²) in [5.41, 5.74) is 12.4. The number of fused-ring (bicyclic) bond motifs is 3. The molecule has 1 heterocycles. The van der Waals surface area contributed by atoms with E-state index < -0.39 is 0 Å². The summed E-state index contributed by atoms with van der Waals surface area (Å²) in [7, 11) is 0. The summed E-state index contributed by atoms with van der Waals surface area (Å²) in [4.78, 5) is 0. The molecular weight excluding hydrogens is 571 g/mol. The number of benzene rings is 7. The summed E-state index contributed by atoms with van der Waals surface area (Å²) < 4.78 is 2.25. The third kappa shape index (κ3) is 5.13. The molecule has 0 amide bonds. The molecule has 0 bridgehead atoms. The predicted octanol–water partition coefficient (Wildman–Crippen LogP) is 11.2. The highest BCUT2D eigenvalue weighted by Crippen LogP contribution is 2.38. The monoisotopic (exact) mass is 597 g/mol. The molecule has 3 nitrogen and oxygen atoms in total. The van der Waals surface area contributed by atoms with E-state index in [1.165, 1.54) is 10.8 Å². The summed E-state index contributed by atoms with van der Waals surface area (Å²) in [6, 6.07) is 60.8. The van der Waals surface area contributed by atoms with E-state index >= 15 is 0 Å². The minimum atomic E-state index is 0.587. The Morgan fingerprint density at radius 2 is 0.702 bits per heavy atom. The lowest BCUT2D eigenvalue weighted by atomic mass is 9.90. The second-order valence-electron chi connectivity index (χ2n) is 11.7. The maximum Gasteiger partial charge on any atom is 0.0992 e. The van der Waals surface area contributed by atoms with E-state index in [-0.39, 0.29) is 0 Å². The second-order valence-corrected chi connectivity index (χ2v) is 11.7. The van der Waals surface area contributed by atoms with Crippen LogP contribution in [0, 0.1) is 22.7 Å². The molecule has 0 N–H and O–H groups in total. The van der Waals surface area contributed by atoms with Crippen molar-refractivity contribution >= 4 is 21.8 Å². The number of aromatic nitrogens is 1. The zero-order valence-corrected chi connectivity index (χ0v) is 25.4. The van der Waals surface area contributed by atoms with E-state index in [0.717, 1.165) is 61.2 Å². The Bertz CT molecular complexity index is 2470. The molecule has 0 atom stereocenters. The Hall–Kier alpha value is -6.68. The van der Waals surface area contributed by atoms with Gasteiger partial charge in [0.25, 0.3) is 0 Å². The number of hydrogen-bond acceptors (Lipinski definition) is 2. The van der Waals surface area contributed by atoms with Gasteiger partial charge in [-0.15, -0.1) is 0 Å². The molecule has 0 spiro atoms. The second kappa shape index (κ2) is 11.7. The SMILES string of the molecule is N#Cc1cc(-c2ccccc2)cc(-c2cc(-c3ccccc3)cc(-c3cc(C#N)cc(-n4c5ccccc5c5ccccc54)c3)c2)c1. The van der Waals surface area contributed by atoms with Gasteiger partial charge in [0, 0.05) is 16.5 Å². The van der Waals surface area contributed by atoms with Gasteiger partial charge in [-0.05, 0) is 111 Å². The van der Waals surface area contributed by atoms with E-state index in [0.29, 0.717) is 11.1 Å². The van der Waals surface area contributed by atoms with Crippen LogP contribution >= 0.6 is 0 Å². The van der Waals surface area contributed by atoms with Crippen LogP contribution in [0.2, 0.25) is 0 Å². The lowest BCUT2D eigenvalue weighted by molar-refractivity contribution is 1.18. The van der Waals surface area contributed by atoms with Crippen LogP contribution < -0.4 is 0 Å². The molecule has 0 aliphatic carbocycles. The van der Waals surface area contributed by atoms with Crippen molar-refractivity contribution in [3.8, 4) is 62.3 Å². The molecular formula is C44H27N3. The van der Waals surface area contributed by atoms with Gasteiger partial charge in [-0.1, -0.05) is 97.1 Å². The first-order valence-electron chi connectivity index (χ1n) is 15.5. The smallest absolute Gasteiger partial charge is 0.0992 e. The normalized spacial score (nSPS) is 10.9. The van der Waals surface area contributed by atoms with Gasteiger partial charge >= 0.3 is 0 Å². The average molecular weight is 598 g/mol. The summed E-state index contributed by atoms with van der Waals surface area (Å²) in [6.45, 7) is 0. The van der Waals surface area contributed by atoms with Gasteiger partial charge in [-0.2, -0.15) is 10.5 Å². The molecule has 7 aromatic carbocycles. The molecule has 8 rings (SSSR count). The van der Waals surface area contributed by atoms with Crippen LogP contribution in [-0.2, 0) is 0 Å². The molecule has 218 valence electrons. The highest BCUT2D eigenvalue weighted by atomic mass is 15.0. The number of nitrogens with zero attached hydrogens (tertiary/aromatic N) is 3. The third-order valence-electron chi connectivity index (χ3n) is 8.76. The molecule has 0 radical (unpaired) electrons. The highest BCUT2D eigenvalue weighted by molar-refractivity contribution is 6.09. The van der Waals surface area contributed by atoms with Crippen LogP contribution in [0.5, 0.6) is 0 Å². The molecule has 1 aromatic heterocycles. The molecule has 0 unspecified atom stereocenters. The zero-order chi connectivity index (χ0) is 31.7. The lowest BCUT2D eigenvalue weighted by Gasteiger charge is -2.15. The van der Waals surface area contributed by atoms with E-state index in [2.05, 4.69) is 120 Å². The van der Waals surface area contributed by atoms with Crippen molar-refractivity contribution in [1.29, 1.82) is 10.5 Å². The Kier molecular flexibility index (Phi) is 6.92. The van der Waals surface area contributed by atoms with Gasteiger partial charge < -0.3 is 4.57 Å². The van der Waals surface area contributed by atoms with E-state index in [1.807, 2.05) is 60.7 Å². The van der Waals surface area contributed by atoms with E-state index in [4.69, 9.17) is 0 Å². The minimum Gasteiger partial charge on any atom is -0.309 e. The Morgan fingerprint density at radius 1 is 0.340 bits per heavy atom. The van der Waals surface area contributed by atoms with Crippen molar-refractivity contribution in [1.82, 2.24) is 4.57 Å². The van der Waals surface area contributed by atoms with Crippen molar-refractivity contribution in [2.75, 3.05) is 0 Å². The molecule has 0 saturated heterocycles. The maximum atomic E-state index is 10.2. The fourth-order valence-corrected chi connectivity index (χ4v) is 6.59. The number of rotatable bonds is 5.